The number of aliphatic carboxylic acids is 1. The van der Waals surface area contributed by atoms with E-state index in [1.54, 1.807) is 24.3 Å². The molecule has 0 aromatic heterocycles. The fourth-order valence-electron chi connectivity index (χ4n) is 3.50. The van der Waals surface area contributed by atoms with E-state index >= 15 is 0 Å². The third kappa shape index (κ3) is 7.95. The highest BCUT2D eigenvalue weighted by atomic mass is 16.6. The number of nitrogens with two attached hydrogens (primary N) is 1. The molecule has 1 atom stereocenters. The summed E-state index contributed by atoms with van der Waals surface area (Å²) in [5.74, 6) is 1.10. The van der Waals surface area contributed by atoms with Crippen molar-refractivity contribution in [2.45, 2.75) is 19.1 Å². The van der Waals surface area contributed by atoms with Crippen LogP contribution in [-0.2, 0) is 11.4 Å². The predicted molar refractivity (Wildman–Crippen MR) is 142 cm³/mol. The minimum Gasteiger partial charge on any atom is -0.489 e. The molecule has 7 nitrogen and oxygen atoms in total. The van der Waals surface area contributed by atoms with Gasteiger partial charge in [-0.15, -0.1) is 0 Å². The van der Waals surface area contributed by atoms with Gasteiger partial charge in [0, 0.05) is 11.6 Å². The lowest BCUT2D eigenvalue weighted by molar-refractivity contribution is -0.137. The highest BCUT2D eigenvalue weighted by Gasteiger charge is 2.11. The molecule has 188 valence electrons. The largest absolute Gasteiger partial charge is 0.489 e. The van der Waals surface area contributed by atoms with Gasteiger partial charge in [-0.25, -0.2) is 0 Å². The van der Waals surface area contributed by atoms with Crippen molar-refractivity contribution in [1.29, 1.82) is 0 Å². The minimum atomic E-state index is -0.927. The van der Waals surface area contributed by atoms with Gasteiger partial charge in [-0.3, -0.25) is 4.79 Å². The van der Waals surface area contributed by atoms with Gasteiger partial charge in [0.15, 0.2) is 5.75 Å². The van der Waals surface area contributed by atoms with Crippen LogP contribution in [0.5, 0.6) is 17.2 Å². The summed E-state index contributed by atoms with van der Waals surface area (Å²) in [5.41, 5.74) is 9.21. The molecule has 0 saturated heterocycles. The van der Waals surface area contributed by atoms with Gasteiger partial charge in [-0.2, -0.15) is 0 Å². The molecule has 0 aliphatic heterocycles. The van der Waals surface area contributed by atoms with E-state index in [4.69, 9.17) is 25.2 Å². The normalized spacial score (nSPS) is 12.0. The molecule has 4 aromatic rings. The number of nitrogens with zero attached hydrogens (tertiary/aromatic N) is 1. The molecular weight excluding hydrogens is 468 g/mol. The van der Waals surface area contributed by atoms with Gasteiger partial charge >= 0.3 is 5.97 Å². The molecule has 7 heteroatoms. The minimum absolute atomic E-state index is 0.118. The van der Waals surface area contributed by atoms with Crippen LogP contribution in [0, 0.1) is 0 Å². The second-order valence-electron chi connectivity index (χ2n) is 8.30. The standard InChI is InChI=1S/C30H28N2O5/c31-28(19-30(33)34)23-13-17-26(18-14-23)35-20-22-11-15-25(16-12-22)36-21-29(24-7-3-1-4-8-24)32-37-27-9-5-2-6-10-27/h1-18,28H,19-21,31H2,(H,33,34)/b32-29+. The Hall–Kier alpha value is -4.62. The topological polar surface area (TPSA) is 103 Å². The molecule has 0 spiro atoms. The van der Waals surface area contributed by atoms with Crippen LogP contribution < -0.4 is 20.0 Å². The van der Waals surface area contributed by atoms with Gasteiger partial charge in [0.2, 0.25) is 0 Å². The van der Waals surface area contributed by atoms with Crippen molar-refractivity contribution in [1.82, 2.24) is 0 Å². The number of carboxylic acids is 1. The lowest BCUT2D eigenvalue weighted by Gasteiger charge is -2.12. The van der Waals surface area contributed by atoms with Crippen LogP contribution in [0.25, 0.3) is 0 Å². The Kier molecular flexibility index (Phi) is 8.88. The van der Waals surface area contributed by atoms with Gasteiger partial charge in [0.1, 0.15) is 30.4 Å². The maximum Gasteiger partial charge on any atom is 0.305 e. The van der Waals surface area contributed by atoms with Crippen molar-refractivity contribution in [2.24, 2.45) is 10.9 Å². The van der Waals surface area contributed by atoms with E-state index in [-0.39, 0.29) is 13.0 Å². The summed E-state index contributed by atoms with van der Waals surface area (Å²) >= 11 is 0. The smallest absolute Gasteiger partial charge is 0.305 e. The molecule has 37 heavy (non-hydrogen) atoms. The molecule has 4 rings (SSSR count). The van der Waals surface area contributed by atoms with Crippen LogP contribution in [0.1, 0.15) is 29.2 Å². The Balaban J connectivity index is 1.32. The van der Waals surface area contributed by atoms with Crippen molar-refractivity contribution < 1.29 is 24.2 Å². The van der Waals surface area contributed by atoms with E-state index in [1.807, 2.05) is 84.9 Å². The third-order valence-corrected chi connectivity index (χ3v) is 5.52. The van der Waals surface area contributed by atoms with E-state index in [9.17, 15) is 4.79 Å². The number of hydrogen-bond acceptors (Lipinski definition) is 6. The first-order valence-electron chi connectivity index (χ1n) is 11.8. The molecule has 0 saturated carbocycles. The van der Waals surface area contributed by atoms with Crippen LogP contribution in [0.3, 0.4) is 0 Å². The Morgan fingerprint density at radius 2 is 1.35 bits per heavy atom. The first kappa shape index (κ1) is 25.5. The van der Waals surface area contributed by atoms with Crippen LogP contribution in [-0.4, -0.2) is 23.4 Å². The van der Waals surface area contributed by atoms with E-state index in [1.165, 1.54) is 0 Å². The highest BCUT2D eigenvalue weighted by Crippen LogP contribution is 2.20. The van der Waals surface area contributed by atoms with Crippen molar-refractivity contribution in [2.75, 3.05) is 6.61 Å². The molecule has 0 heterocycles. The molecule has 0 aliphatic rings. The van der Waals surface area contributed by atoms with Gasteiger partial charge in [-0.1, -0.05) is 78.0 Å². The molecule has 0 bridgehead atoms. The van der Waals surface area contributed by atoms with E-state index in [0.29, 0.717) is 29.6 Å². The summed E-state index contributed by atoms with van der Waals surface area (Å²) in [6, 6.07) is 33.4. The Bertz CT molecular complexity index is 1290. The quantitative estimate of drug-likeness (QED) is 0.195. The zero-order valence-electron chi connectivity index (χ0n) is 20.2. The SMILES string of the molecule is NC(CC(=O)O)c1ccc(OCc2ccc(OC/C(=N\Oc3ccccc3)c3ccccc3)cc2)cc1. The average molecular weight is 497 g/mol. The molecule has 0 radical (unpaired) electrons. The number of oxime groups is 1. The predicted octanol–water partition coefficient (Wildman–Crippen LogP) is 5.60. The first-order valence-corrected chi connectivity index (χ1v) is 11.8. The zero-order valence-corrected chi connectivity index (χ0v) is 20.2. The van der Waals surface area contributed by atoms with Crippen molar-refractivity contribution in [3.05, 3.63) is 126 Å². The van der Waals surface area contributed by atoms with Gasteiger partial charge in [-0.05, 0) is 47.5 Å². The molecule has 0 amide bonds. The fraction of sp³-hybridized carbons (Fsp3) is 0.133. The number of carbonyl (C=O) groups is 1. The van der Waals surface area contributed by atoms with Crippen LogP contribution >= 0.6 is 0 Å². The maximum absolute atomic E-state index is 10.8. The number of benzene rings is 4. The lowest BCUT2D eigenvalue weighted by Crippen LogP contribution is -2.14. The summed E-state index contributed by atoms with van der Waals surface area (Å²) < 4.78 is 11.8. The average Bonchev–Trinajstić information content (AvgIpc) is 2.93. The molecule has 1 unspecified atom stereocenters. The van der Waals surface area contributed by atoms with Crippen molar-refractivity contribution >= 4 is 11.7 Å². The van der Waals surface area contributed by atoms with E-state index in [2.05, 4.69) is 5.16 Å². The summed E-state index contributed by atoms with van der Waals surface area (Å²) in [6.45, 7) is 0.617. The molecule has 3 N–H and O–H groups in total. The van der Waals surface area contributed by atoms with Crippen LogP contribution in [0.15, 0.2) is 114 Å². The highest BCUT2D eigenvalue weighted by molar-refractivity contribution is 6.01. The lowest BCUT2D eigenvalue weighted by atomic mass is 10.0. The second kappa shape index (κ2) is 12.9. The number of carboxylic acid groups (broad SMARTS) is 1. The second-order valence-corrected chi connectivity index (χ2v) is 8.30. The Labute approximate surface area is 215 Å². The van der Waals surface area contributed by atoms with Gasteiger partial charge in [0.25, 0.3) is 0 Å². The molecule has 0 fully saturated rings. The summed E-state index contributed by atoms with van der Waals surface area (Å²) in [4.78, 5) is 16.4. The van der Waals surface area contributed by atoms with Crippen LogP contribution in [0.4, 0.5) is 0 Å². The van der Waals surface area contributed by atoms with Crippen molar-refractivity contribution in [3.63, 3.8) is 0 Å². The van der Waals surface area contributed by atoms with Crippen molar-refractivity contribution in [3.8, 4) is 17.2 Å². The summed E-state index contributed by atoms with van der Waals surface area (Å²) in [6.07, 6.45) is -0.118. The maximum atomic E-state index is 10.8. The summed E-state index contributed by atoms with van der Waals surface area (Å²) in [7, 11) is 0. The number of para-hydroxylation sites is 1. The monoisotopic (exact) mass is 496 g/mol. The van der Waals surface area contributed by atoms with Gasteiger partial charge in [0.05, 0.1) is 6.42 Å². The number of ether oxygens (including phenoxy) is 2. The summed E-state index contributed by atoms with van der Waals surface area (Å²) in [5, 5.41) is 13.2. The molecular formula is C30H28N2O5. The first-order chi connectivity index (χ1) is 18.1. The fourth-order valence-corrected chi connectivity index (χ4v) is 3.50. The zero-order chi connectivity index (χ0) is 25.9. The van der Waals surface area contributed by atoms with Gasteiger partial charge < -0.3 is 25.2 Å². The number of hydrogen-bond donors (Lipinski definition) is 2. The van der Waals surface area contributed by atoms with Crippen LogP contribution in [0.2, 0.25) is 0 Å². The Morgan fingerprint density at radius 1 is 0.757 bits per heavy atom. The van der Waals surface area contributed by atoms with E-state index < -0.39 is 12.0 Å². The number of rotatable bonds is 12. The van der Waals surface area contributed by atoms with E-state index in [0.717, 1.165) is 16.7 Å². The third-order valence-electron chi connectivity index (χ3n) is 5.52. The molecule has 0 aliphatic carbocycles. The molecule has 4 aromatic carbocycles. The Morgan fingerprint density at radius 3 is 2.00 bits per heavy atom.